The smallest absolute Gasteiger partial charge is 0.279 e. The zero-order valence-electron chi connectivity index (χ0n) is 37.3. The maximum Gasteiger partial charge on any atom is 0.279 e. The molecule has 0 spiro atoms. The third-order valence-electron chi connectivity index (χ3n) is 13.8. The van der Waals surface area contributed by atoms with Crippen LogP contribution in [0.4, 0.5) is 30.5 Å². The fraction of sp³-hybridized carbons (Fsp3) is 0.275. The quantitative estimate of drug-likeness (QED) is 0.0896. The summed E-state index contributed by atoms with van der Waals surface area (Å²) in [6, 6.07) is 25.4. The van der Waals surface area contributed by atoms with Gasteiger partial charge in [0.2, 0.25) is 11.9 Å². The minimum Gasteiger partial charge on any atom is -0.383 e. The van der Waals surface area contributed by atoms with E-state index in [-0.39, 0.29) is 34.2 Å². The lowest BCUT2D eigenvalue weighted by molar-refractivity contribution is 0.0945. The fourth-order valence-corrected chi connectivity index (χ4v) is 9.91. The van der Waals surface area contributed by atoms with Gasteiger partial charge in [0.1, 0.15) is 23.3 Å². The molecular formula is C51H50F3N11O2. The van der Waals surface area contributed by atoms with Crippen LogP contribution in [0, 0.1) is 24.6 Å². The first kappa shape index (κ1) is 43.6. The van der Waals surface area contributed by atoms with Crippen molar-refractivity contribution in [2.75, 3.05) is 68.0 Å². The maximum atomic E-state index is 15.6. The number of amides is 1. The maximum absolute atomic E-state index is 15.6. The van der Waals surface area contributed by atoms with Crippen molar-refractivity contribution in [3.05, 3.63) is 141 Å². The van der Waals surface area contributed by atoms with Gasteiger partial charge in [0.05, 0.1) is 10.9 Å². The molecule has 13 nitrogen and oxygen atoms in total. The highest BCUT2D eigenvalue weighted by atomic mass is 19.1. The second-order valence-corrected chi connectivity index (χ2v) is 17.8. The van der Waals surface area contributed by atoms with E-state index in [0.29, 0.717) is 74.7 Å². The minimum atomic E-state index is -0.707. The summed E-state index contributed by atoms with van der Waals surface area (Å²) in [5, 5.41) is 3.10. The Labute approximate surface area is 385 Å². The van der Waals surface area contributed by atoms with Gasteiger partial charge in [-0.05, 0) is 122 Å². The molecule has 7 aromatic rings. The highest BCUT2D eigenvalue weighted by Gasteiger charge is 2.27. The number of hydrogen-bond acceptors (Lipinski definition) is 11. The highest BCUT2D eigenvalue weighted by molar-refractivity contribution is 5.98. The number of fused-ring (bicyclic) bond motifs is 3. The molecule has 342 valence electrons. The van der Waals surface area contributed by atoms with Crippen LogP contribution in [0.1, 0.15) is 46.2 Å². The molecule has 6 heterocycles. The topological polar surface area (TPSA) is 178 Å². The van der Waals surface area contributed by atoms with Gasteiger partial charge in [-0.1, -0.05) is 36.4 Å². The van der Waals surface area contributed by atoms with Crippen molar-refractivity contribution in [3.63, 3.8) is 0 Å². The average molecular weight is 906 g/mol. The van der Waals surface area contributed by atoms with Crippen molar-refractivity contribution in [1.82, 2.24) is 34.7 Å². The van der Waals surface area contributed by atoms with E-state index in [1.54, 1.807) is 43.3 Å². The fourth-order valence-electron chi connectivity index (χ4n) is 9.91. The predicted octanol–water partition coefficient (Wildman–Crippen LogP) is 6.70. The number of halogens is 3. The van der Waals surface area contributed by atoms with E-state index < -0.39 is 17.7 Å². The molecule has 0 bridgehead atoms. The van der Waals surface area contributed by atoms with Crippen LogP contribution in [0.15, 0.2) is 89.7 Å². The van der Waals surface area contributed by atoms with Crippen LogP contribution in [0.2, 0.25) is 0 Å². The zero-order valence-corrected chi connectivity index (χ0v) is 37.3. The molecule has 0 saturated carbocycles. The summed E-state index contributed by atoms with van der Waals surface area (Å²) in [5.74, 6) is 3.82. The van der Waals surface area contributed by atoms with Crippen LogP contribution < -0.4 is 33.1 Å². The van der Waals surface area contributed by atoms with Gasteiger partial charge in [0, 0.05) is 90.9 Å². The first-order valence-corrected chi connectivity index (χ1v) is 22.6. The first-order chi connectivity index (χ1) is 32.3. The summed E-state index contributed by atoms with van der Waals surface area (Å²) >= 11 is 0. The lowest BCUT2D eigenvalue weighted by Gasteiger charge is -2.40. The van der Waals surface area contributed by atoms with Crippen LogP contribution >= 0.6 is 0 Å². The molecule has 4 aromatic carbocycles. The standard InChI is InChI=1S/C51H50F3N11O2/c1-28(13-16-62-17-14-35-33(27-62)4-3-5-36(35)42-25-43(49(56)61-47(42)54)41-22-32-12-15-58-50(66)40(32)26-44(41)52)63-18-20-64(21-19-63)34-9-6-30(7-10-34)38-24-39(48(55)60-46(38)53)31-8-11-37-45(23-31)59-29(2)65(57)51(37)67/h3-11,22-26,28H,12-21,27,57H2,1-2H3,(H2,55,60)(H2,56,61)(H,58,66). The van der Waals surface area contributed by atoms with Crippen molar-refractivity contribution >= 4 is 34.1 Å². The highest BCUT2D eigenvalue weighted by Crippen LogP contribution is 2.38. The second-order valence-electron chi connectivity index (χ2n) is 17.8. The summed E-state index contributed by atoms with van der Waals surface area (Å²) in [7, 11) is 0. The summed E-state index contributed by atoms with van der Waals surface area (Å²) < 4.78 is 47.5. The Morgan fingerprint density at radius 1 is 0.701 bits per heavy atom. The number of rotatable bonds is 9. The number of carbonyl (C=O) groups excluding carboxylic acids is 1. The molecule has 1 amide bonds. The van der Waals surface area contributed by atoms with Crippen LogP contribution in [-0.2, 0) is 19.4 Å². The number of pyridine rings is 2. The Morgan fingerprint density at radius 3 is 2.19 bits per heavy atom. The van der Waals surface area contributed by atoms with Crippen molar-refractivity contribution < 1.29 is 18.0 Å². The molecule has 3 aromatic heterocycles. The van der Waals surface area contributed by atoms with E-state index in [4.69, 9.17) is 17.3 Å². The molecule has 10 rings (SSSR count). The molecule has 1 unspecified atom stereocenters. The largest absolute Gasteiger partial charge is 0.383 e. The Balaban J connectivity index is 0.762. The van der Waals surface area contributed by atoms with Crippen LogP contribution in [0.25, 0.3) is 55.4 Å². The van der Waals surface area contributed by atoms with Crippen molar-refractivity contribution in [2.45, 2.75) is 45.7 Å². The summed E-state index contributed by atoms with van der Waals surface area (Å²) in [4.78, 5) is 44.8. The SMILES string of the molecule is Cc1nc2cc(-c3cc(-c4ccc(N5CCN(C(C)CCN6CCc7c(cccc7-c7cc(-c8cc9c(cc8F)C(=O)NCC9)c(N)nc7F)C6)CC5)cc4)c(F)nc3N)ccc2c(=O)n1N. The molecule has 1 atom stereocenters. The van der Waals surface area contributed by atoms with Gasteiger partial charge in [-0.3, -0.25) is 19.4 Å². The molecule has 0 radical (unpaired) electrons. The van der Waals surface area contributed by atoms with Crippen LogP contribution in [0.3, 0.4) is 0 Å². The third-order valence-corrected chi connectivity index (χ3v) is 13.8. The van der Waals surface area contributed by atoms with Gasteiger partial charge < -0.3 is 27.5 Å². The number of nitrogens with zero attached hydrogens (tertiary/aromatic N) is 7. The lowest BCUT2D eigenvalue weighted by Crippen LogP contribution is -2.50. The normalized spacial score (nSPS) is 15.9. The van der Waals surface area contributed by atoms with Gasteiger partial charge in [-0.15, -0.1) is 0 Å². The number of aromatic nitrogens is 4. The molecule has 0 aliphatic carbocycles. The van der Waals surface area contributed by atoms with Gasteiger partial charge in [0.25, 0.3) is 11.5 Å². The molecule has 16 heteroatoms. The number of carbonyl (C=O) groups is 1. The number of nitrogens with one attached hydrogen (secondary N) is 1. The monoisotopic (exact) mass is 905 g/mol. The van der Waals surface area contributed by atoms with Crippen molar-refractivity contribution in [2.24, 2.45) is 0 Å². The van der Waals surface area contributed by atoms with Gasteiger partial charge >= 0.3 is 0 Å². The molecule has 67 heavy (non-hydrogen) atoms. The number of hydrogen-bond donors (Lipinski definition) is 4. The second kappa shape index (κ2) is 17.5. The predicted molar refractivity (Wildman–Crippen MR) is 256 cm³/mol. The Bertz CT molecular complexity index is 3170. The van der Waals surface area contributed by atoms with Crippen LogP contribution in [0.5, 0.6) is 0 Å². The number of benzene rings is 4. The summed E-state index contributed by atoms with van der Waals surface area (Å²) in [6.07, 6.45) is 2.27. The van der Waals surface area contributed by atoms with E-state index in [2.05, 4.69) is 48.0 Å². The number of nitrogen functional groups attached to an aromatic ring is 3. The van der Waals surface area contributed by atoms with Gasteiger partial charge in [0.15, 0.2) is 0 Å². The molecule has 3 aliphatic heterocycles. The van der Waals surface area contributed by atoms with E-state index in [1.165, 1.54) is 6.07 Å². The zero-order chi connectivity index (χ0) is 46.7. The van der Waals surface area contributed by atoms with Gasteiger partial charge in [-0.2, -0.15) is 8.78 Å². The number of anilines is 3. The molecule has 3 aliphatic rings. The first-order valence-electron chi connectivity index (χ1n) is 22.6. The van der Waals surface area contributed by atoms with Gasteiger partial charge in [-0.25, -0.2) is 24.0 Å². The van der Waals surface area contributed by atoms with Crippen molar-refractivity contribution in [1.29, 1.82) is 0 Å². The van der Waals surface area contributed by atoms with Crippen molar-refractivity contribution in [3.8, 4) is 44.5 Å². The Kier molecular flexibility index (Phi) is 11.4. The van der Waals surface area contributed by atoms with Crippen LogP contribution in [-0.4, -0.2) is 87.2 Å². The van der Waals surface area contributed by atoms with E-state index >= 15 is 13.2 Å². The summed E-state index contributed by atoms with van der Waals surface area (Å²) in [5.41, 5.74) is 20.4. The van der Waals surface area contributed by atoms with E-state index in [0.717, 1.165) is 85.7 Å². The average Bonchev–Trinajstić information content (AvgIpc) is 3.32. The summed E-state index contributed by atoms with van der Waals surface area (Å²) in [6.45, 7) is 10.4. The number of piperazine rings is 1. The van der Waals surface area contributed by atoms with E-state index in [1.807, 2.05) is 36.4 Å². The molecule has 1 fully saturated rings. The molecular weight excluding hydrogens is 856 g/mol. The Hall–Kier alpha value is -7.30. The number of nitrogens with two attached hydrogens (primary N) is 3. The minimum absolute atomic E-state index is 0.0336. The lowest BCUT2D eigenvalue weighted by atomic mass is 9.89. The third kappa shape index (κ3) is 8.20. The Morgan fingerprint density at radius 2 is 1.42 bits per heavy atom. The van der Waals surface area contributed by atoms with E-state index in [9.17, 15) is 9.59 Å². The molecule has 7 N–H and O–H groups in total. The number of aryl methyl sites for hydroxylation is 1. The molecule has 1 saturated heterocycles.